The molecule has 0 spiro atoms. The molecule has 0 bridgehead atoms. The first-order valence-electron chi connectivity index (χ1n) is 10.0. The van der Waals surface area contributed by atoms with Gasteiger partial charge in [0.1, 0.15) is 12.2 Å². The number of carbonyl (C=O) groups excluding carboxylic acids is 1. The Balaban J connectivity index is 1.42. The lowest BCUT2D eigenvalue weighted by Gasteiger charge is -2.58. The Morgan fingerprint density at radius 3 is 2.84 bits per heavy atom. The van der Waals surface area contributed by atoms with Crippen molar-refractivity contribution in [3.05, 3.63) is 11.6 Å². The largest absolute Gasteiger partial charge is 0.462 e. The van der Waals surface area contributed by atoms with Gasteiger partial charge in [-0.25, -0.2) is 0 Å². The summed E-state index contributed by atoms with van der Waals surface area (Å²) in [4.78, 5) is 11.3. The van der Waals surface area contributed by atoms with Gasteiger partial charge in [-0.2, -0.15) is 0 Å². The molecule has 138 valence electrons. The SMILES string of the molecule is CC(=O)O[C@@H]1CC[C@@]2(C)C(=CC[C@H]3[C@@H]2CC[C@@]2(C)[C@H]3C[C@H]3O[C@]32O)C1. The highest BCUT2D eigenvalue weighted by molar-refractivity contribution is 5.66. The highest BCUT2D eigenvalue weighted by atomic mass is 16.7. The maximum Gasteiger partial charge on any atom is 0.302 e. The van der Waals surface area contributed by atoms with Crippen molar-refractivity contribution in [2.75, 3.05) is 0 Å². The summed E-state index contributed by atoms with van der Waals surface area (Å²) in [6.07, 6.45) is 10.0. The van der Waals surface area contributed by atoms with Crippen LogP contribution in [0.4, 0.5) is 0 Å². The minimum atomic E-state index is -0.833. The first-order chi connectivity index (χ1) is 11.8. The maximum absolute atomic E-state index is 11.3. The van der Waals surface area contributed by atoms with Gasteiger partial charge in [-0.05, 0) is 61.7 Å². The van der Waals surface area contributed by atoms with E-state index < -0.39 is 5.79 Å². The first-order valence-corrected chi connectivity index (χ1v) is 10.0. The number of rotatable bonds is 1. The van der Waals surface area contributed by atoms with Crippen molar-refractivity contribution < 1.29 is 19.4 Å². The van der Waals surface area contributed by atoms with Crippen LogP contribution in [-0.4, -0.2) is 29.1 Å². The molecule has 3 saturated carbocycles. The second-order valence-electron chi connectivity index (χ2n) is 9.73. The number of aliphatic hydroxyl groups is 1. The molecular weight excluding hydrogens is 316 g/mol. The van der Waals surface area contributed by atoms with Crippen LogP contribution in [0.25, 0.3) is 0 Å². The van der Waals surface area contributed by atoms with Crippen molar-refractivity contribution in [2.24, 2.45) is 28.6 Å². The topological polar surface area (TPSA) is 59.1 Å². The van der Waals surface area contributed by atoms with Gasteiger partial charge < -0.3 is 14.6 Å². The zero-order chi connectivity index (χ0) is 17.6. The van der Waals surface area contributed by atoms with Crippen LogP contribution in [0, 0.1) is 28.6 Å². The average molecular weight is 346 g/mol. The molecule has 8 atom stereocenters. The summed E-state index contributed by atoms with van der Waals surface area (Å²) in [6, 6.07) is 0. The van der Waals surface area contributed by atoms with E-state index in [4.69, 9.17) is 9.47 Å². The third-order valence-electron chi connectivity index (χ3n) is 8.77. The zero-order valence-electron chi connectivity index (χ0n) is 15.6. The summed E-state index contributed by atoms with van der Waals surface area (Å²) in [7, 11) is 0. The third kappa shape index (κ3) is 1.98. The van der Waals surface area contributed by atoms with Crippen LogP contribution in [0.3, 0.4) is 0 Å². The van der Waals surface area contributed by atoms with E-state index in [2.05, 4.69) is 19.9 Å². The predicted molar refractivity (Wildman–Crippen MR) is 92.5 cm³/mol. The second-order valence-corrected chi connectivity index (χ2v) is 9.73. The van der Waals surface area contributed by atoms with Crippen molar-refractivity contribution >= 4 is 5.97 Å². The Labute approximate surface area is 150 Å². The van der Waals surface area contributed by atoms with E-state index in [1.165, 1.54) is 18.9 Å². The van der Waals surface area contributed by atoms with E-state index in [9.17, 15) is 9.90 Å². The summed E-state index contributed by atoms with van der Waals surface area (Å²) < 4.78 is 11.2. The lowest BCUT2D eigenvalue weighted by Crippen LogP contribution is -2.53. The van der Waals surface area contributed by atoms with Gasteiger partial charge in [0, 0.05) is 18.8 Å². The number of hydrogen-bond acceptors (Lipinski definition) is 4. The summed E-state index contributed by atoms with van der Waals surface area (Å²) >= 11 is 0. The maximum atomic E-state index is 11.3. The monoisotopic (exact) mass is 346 g/mol. The Bertz CT molecular complexity index is 656. The third-order valence-corrected chi connectivity index (χ3v) is 8.77. The molecule has 0 aromatic heterocycles. The highest BCUT2D eigenvalue weighted by Crippen LogP contribution is 2.72. The molecule has 1 saturated heterocycles. The number of allylic oxidation sites excluding steroid dienone is 1. The fraction of sp³-hybridized carbons (Fsp3) is 0.857. The molecule has 25 heavy (non-hydrogen) atoms. The molecule has 4 heteroatoms. The molecule has 0 amide bonds. The van der Waals surface area contributed by atoms with Crippen molar-refractivity contribution in [1.82, 2.24) is 0 Å². The Morgan fingerprint density at radius 1 is 1.28 bits per heavy atom. The van der Waals surface area contributed by atoms with Crippen molar-refractivity contribution in [2.45, 2.75) is 83.7 Å². The van der Waals surface area contributed by atoms with E-state index in [0.29, 0.717) is 17.8 Å². The number of esters is 1. The van der Waals surface area contributed by atoms with E-state index in [-0.39, 0.29) is 29.0 Å². The van der Waals surface area contributed by atoms with Crippen LogP contribution in [0.1, 0.15) is 65.7 Å². The van der Waals surface area contributed by atoms with Crippen molar-refractivity contribution in [3.8, 4) is 0 Å². The van der Waals surface area contributed by atoms with Crippen molar-refractivity contribution in [3.63, 3.8) is 0 Å². The zero-order valence-corrected chi connectivity index (χ0v) is 15.6. The Kier molecular flexibility index (Phi) is 3.19. The van der Waals surface area contributed by atoms with Gasteiger partial charge in [0.15, 0.2) is 5.79 Å². The molecule has 1 N–H and O–H groups in total. The number of fused-ring (bicyclic) bond motifs is 7. The lowest BCUT2D eigenvalue weighted by molar-refractivity contribution is -0.155. The number of ether oxygens (including phenoxy) is 2. The molecule has 0 radical (unpaired) electrons. The summed E-state index contributed by atoms with van der Waals surface area (Å²) in [5, 5.41) is 10.8. The normalized spacial score (nSPS) is 56.0. The van der Waals surface area contributed by atoms with Crippen LogP contribution in [0.15, 0.2) is 11.6 Å². The number of carbonyl (C=O) groups is 1. The lowest BCUT2D eigenvalue weighted by atomic mass is 9.47. The molecule has 1 aliphatic heterocycles. The summed E-state index contributed by atoms with van der Waals surface area (Å²) in [6.45, 7) is 6.22. The van der Waals surface area contributed by atoms with Crippen molar-refractivity contribution in [1.29, 1.82) is 0 Å². The van der Waals surface area contributed by atoms with Crippen LogP contribution < -0.4 is 0 Å². The Hall–Kier alpha value is -0.870. The molecule has 5 rings (SSSR count). The number of hydrogen-bond donors (Lipinski definition) is 1. The van der Waals surface area contributed by atoms with Crippen LogP contribution in [-0.2, 0) is 14.3 Å². The van der Waals surface area contributed by atoms with Gasteiger partial charge in [0.25, 0.3) is 0 Å². The molecule has 4 aliphatic carbocycles. The molecule has 4 fully saturated rings. The molecule has 0 unspecified atom stereocenters. The molecule has 0 aromatic rings. The van der Waals surface area contributed by atoms with Gasteiger partial charge in [-0.1, -0.05) is 25.5 Å². The smallest absolute Gasteiger partial charge is 0.302 e. The Morgan fingerprint density at radius 2 is 2.08 bits per heavy atom. The fourth-order valence-electron chi connectivity index (χ4n) is 7.29. The van der Waals surface area contributed by atoms with Gasteiger partial charge in [0.05, 0.1) is 0 Å². The molecule has 1 heterocycles. The molecule has 5 aliphatic rings. The van der Waals surface area contributed by atoms with Gasteiger partial charge >= 0.3 is 5.97 Å². The minimum Gasteiger partial charge on any atom is -0.462 e. The molecular formula is C21H30O4. The fourth-order valence-corrected chi connectivity index (χ4v) is 7.29. The summed E-state index contributed by atoms with van der Waals surface area (Å²) in [5.41, 5.74) is 1.71. The van der Waals surface area contributed by atoms with E-state index in [0.717, 1.165) is 38.5 Å². The standard InChI is InChI=1S/C21H30O4/c1-12(22)24-14-6-8-19(2)13(10-14)4-5-15-16(19)7-9-20(3)17(15)11-18-21(20,23)25-18/h4,14-18,23H,5-11H2,1-3H3/t14-,15+,16+,17+,18-,19+,20+,21-/m1/s1. The van der Waals surface area contributed by atoms with E-state index in [1.807, 2.05) is 0 Å². The average Bonchev–Trinajstić information content (AvgIpc) is 3.16. The quantitative estimate of drug-likeness (QED) is 0.448. The molecule has 4 nitrogen and oxygen atoms in total. The second kappa shape index (κ2) is 4.89. The number of epoxide rings is 1. The summed E-state index contributed by atoms with van der Waals surface area (Å²) in [5.74, 6) is 0.953. The van der Waals surface area contributed by atoms with E-state index >= 15 is 0 Å². The van der Waals surface area contributed by atoms with Crippen LogP contribution in [0.5, 0.6) is 0 Å². The van der Waals surface area contributed by atoms with E-state index in [1.54, 1.807) is 0 Å². The molecule has 0 aromatic carbocycles. The van der Waals surface area contributed by atoms with Gasteiger partial charge in [0.2, 0.25) is 0 Å². The van der Waals surface area contributed by atoms with Crippen LogP contribution in [0.2, 0.25) is 0 Å². The highest BCUT2D eigenvalue weighted by Gasteiger charge is 2.77. The predicted octanol–water partition coefficient (Wildman–Crippen LogP) is 3.58. The van der Waals surface area contributed by atoms with Crippen LogP contribution >= 0.6 is 0 Å². The first kappa shape index (κ1) is 16.3. The minimum absolute atomic E-state index is 0.0600. The van der Waals surface area contributed by atoms with Gasteiger partial charge in [-0.15, -0.1) is 0 Å². The van der Waals surface area contributed by atoms with Gasteiger partial charge in [-0.3, -0.25) is 4.79 Å².